The fraction of sp³-hybridized carbons (Fsp3) is 0.500. The van der Waals surface area contributed by atoms with Crippen molar-refractivity contribution in [2.75, 3.05) is 18.5 Å². The number of benzene rings is 1. The number of nitrogens with one attached hydrogen (secondary N) is 1. The zero-order valence-electron chi connectivity index (χ0n) is 12.1. The van der Waals surface area contributed by atoms with Gasteiger partial charge in [-0.1, -0.05) is 31.5 Å². The van der Waals surface area contributed by atoms with Crippen LogP contribution in [-0.4, -0.2) is 41.0 Å². The lowest BCUT2D eigenvalue weighted by molar-refractivity contribution is -0.136. The lowest BCUT2D eigenvalue weighted by atomic mass is 9.73. The minimum absolute atomic E-state index is 0.0182. The van der Waals surface area contributed by atoms with E-state index in [4.69, 9.17) is 0 Å². The highest BCUT2D eigenvalue weighted by Crippen LogP contribution is 2.49. The number of carbonyl (C=O) groups is 2. The molecule has 0 bridgehead atoms. The Balaban J connectivity index is 2.08. The van der Waals surface area contributed by atoms with Crippen LogP contribution < -0.4 is 5.32 Å². The summed E-state index contributed by atoms with van der Waals surface area (Å²) in [6.07, 6.45) is 2.26. The molecular weight excluding hydrogens is 268 g/mol. The third-order valence-corrected chi connectivity index (χ3v) is 4.77. The van der Waals surface area contributed by atoms with E-state index < -0.39 is 12.0 Å². The second-order valence-corrected chi connectivity index (χ2v) is 5.77. The standard InChI is InChI=1S/C16H20N2O3/c1-2-5-13-16(8-9-18(13)14(20)10-19)11-6-3-4-7-12(11)17-15(16)21/h3-4,6-7,13,19H,2,5,8-10H2,1H3,(H,17,21)/t13-,16-/m0/s1. The van der Waals surface area contributed by atoms with E-state index in [1.807, 2.05) is 31.2 Å². The van der Waals surface area contributed by atoms with Gasteiger partial charge in [0.05, 0.1) is 11.5 Å². The fourth-order valence-corrected chi connectivity index (χ4v) is 3.87. The molecule has 1 spiro atoms. The minimum atomic E-state index is -0.655. The SMILES string of the molecule is CCC[C@@H]1N(C(=O)CO)CC[C@@]12C(=O)Nc1ccccc12. The summed E-state index contributed by atoms with van der Waals surface area (Å²) in [7, 11) is 0. The molecule has 112 valence electrons. The highest BCUT2D eigenvalue weighted by molar-refractivity contribution is 6.07. The van der Waals surface area contributed by atoms with Crippen LogP contribution in [0.25, 0.3) is 0 Å². The highest BCUT2D eigenvalue weighted by Gasteiger charge is 2.58. The van der Waals surface area contributed by atoms with E-state index in [2.05, 4.69) is 5.32 Å². The molecule has 0 radical (unpaired) electrons. The van der Waals surface area contributed by atoms with Gasteiger partial charge in [0.1, 0.15) is 6.61 Å². The first kappa shape index (κ1) is 14.1. The number of aliphatic hydroxyl groups excluding tert-OH is 1. The fourth-order valence-electron chi connectivity index (χ4n) is 3.87. The van der Waals surface area contributed by atoms with Crippen LogP contribution in [0.1, 0.15) is 31.7 Å². The van der Waals surface area contributed by atoms with E-state index >= 15 is 0 Å². The Morgan fingerprint density at radius 2 is 2.24 bits per heavy atom. The van der Waals surface area contributed by atoms with Gasteiger partial charge >= 0.3 is 0 Å². The van der Waals surface area contributed by atoms with Crippen LogP contribution in [0.4, 0.5) is 5.69 Å². The predicted molar refractivity (Wildman–Crippen MR) is 78.9 cm³/mol. The van der Waals surface area contributed by atoms with Crippen molar-refractivity contribution < 1.29 is 14.7 Å². The van der Waals surface area contributed by atoms with Gasteiger partial charge in [0, 0.05) is 12.2 Å². The Bertz CT molecular complexity index is 587. The zero-order chi connectivity index (χ0) is 15.0. The summed E-state index contributed by atoms with van der Waals surface area (Å²) in [6.45, 7) is 2.07. The zero-order valence-corrected chi connectivity index (χ0v) is 12.1. The molecule has 0 unspecified atom stereocenters. The maximum absolute atomic E-state index is 12.7. The van der Waals surface area contributed by atoms with E-state index in [0.717, 1.165) is 24.1 Å². The lowest BCUT2D eigenvalue weighted by Gasteiger charge is -2.33. The van der Waals surface area contributed by atoms with Crippen LogP contribution in [-0.2, 0) is 15.0 Å². The van der Waals surface area contributed by atoms with Crippen LogP contribution in [0.2, 0.25) is 0 Å². The summed E-state index contributed by atoms with van der Waals surface area (Å²) in [5.41, 5.74) is 1.18. The van der Waals surface area contributed by atoms with Gasteiger partial charge in [0.2, 0.25) is 11.8 Å². The molecular formula is C16H20N2O3. The van der Waals surface area contributed by atoms with Gasteiger partial charge in [-0.25, -0.2) is 0 Å². The maximum Gasteiger partial charge on any atom is 0.248 e. The molecule has 5 heteroatoms. The van der Waals surface area contributed by atoms with Gasteiger partial charge in [-0.3, -0.25) is 9.59 Å². The monoisotopic (exact) mass is 288 g/mol. The molecule has 1 saturated heterocycles. The molecule has 2 aliphatic rings. The Kier molecular flexibility index (Phi) is 3.45. The molecule has 21 heavy (non-hydrogen) atoms. The molecule has 2 aliphatic heterocycles. The maximum atomic E-state index is 12.7. The molecule has 3 rings (SSSR count). The highest BCUT2D eigenvalue weighted by atomic mass is 16.3. The van der Waals surface area contributed by atoms with Crippen LogP contribution in [0.5, 0.6) is 0 Å². The van der Waals surface area contributed by atoms with Gasteiger partial charge in [0.25, 0.3) is 0 Å². The second kappa shape index (κ2) is 5.15. The third kappa shape index (κ3) is 1.87. The van der Waals surface area contributed by atoms with Crippen LogP contribution in [0.15, 0.2) is 24.3 Å². The predicted octanol–water partition coefficient (Wildman–Crippen LogP) is 1.27. The van der Waals surface area contributed by atoms with Crippen molar-refractivity contribution in [3.8, 4) is 0 Å². The van der Waals surface area contributed by atoms with E-state index in [-0.39, 0.29) is 17.9 Å². The summed E-state index contributed by atoms with van der Waals surface area (Å²) in [5, 5.41) is 12.1. The van der Waals surface area contributed by atoms with Crippen molar-refractivity contribution in [2.24, 2.45) is 0 Å². The van der Waals surface area contributed by atoms with Crippen LogP contribution >= 0.6 is 0 Å². The number of nitrogens with zero attached hydrogens (tertiary/aromatic N) is 1. The van der Waals surface area contributed by atoms with Crippen molar-refractivity contribution in [1.29, 1.82) is 0 Å². The number of fused-ring (bicyclic) bond motifs is 2. The largest absolute Gasteiger partial charge is 0.387 e. The number of carbonyl (C=O) groups excluding carboxylic acids is 2. The first-order valence-electron chi connectivity index (χ1n) is 7.46. The van der Waals surface area contributed by atoms with Crippen molar-refractivity contribution in [3.63, 3.8) is 0 Å². The normalized spacial score (nSPS) is 27.0. The number of likely N-dealkylation sites (tertiary alicyclic amines) is 1. The molecule has 2 amide bonds. The number of para-hydroxylation sites is 1. The topological polar surface area (TPSA) is 69.6 Å². The van der Waals surface area contributed by atoms with Crippen molar-refractivity contribution in [3.05, 3.63) is 29.8 Å². The number of hydrogen-bond acceptors (Lipinski definition) is 3. The molecule has 1 aromatic rings. The third-order valence-electron chi connectivity index (χ3n) is 4.77. The molecule has 0 saturated carbocycles. The van der Waals surface area contributed by atoms with Crippen molar-refractivity contribution >= 4 is 17.5 Å². The van der Waals surface area contributed by atoms with Gasteiger partial charge in [-0.2, -0.15) is 0 Å². The van der Waals surface area contributed by atoms with Crippen LogP contribution in [0.3, 0.4) is 0 Å². The minimum Gasteiger partial charge on any atom is -0.387 e. The van der Waals surface area contributed by atoms with Gasteiger partial charge in [-0.05, 0) is 24.5 Å². The van der Waals surface area contributed by atoms with E-state index in [0.29, 0.717) is 13.0 Å². The number of aliphatic hydroxyl groups is 1. The number of anilines is 1. The lowest BCUT2D eigenvalue weighted by Crippen LogP contribution is -2.49. The van der Waals surface area contributed by atoms with Crippen molar-refractivity contribution in [2.45, 2.75) is 37.6 Å². The molecule has 0 aliphatic carbocycles. The second-order valence-electron chi connectivity index (χ2n) is 5.77. The first-order chi connectivity index (χ1) is 10.1. The molecule has 1 fully saturated rings. The molecule has 2 atom stereocenters. The summed E-state index contributed by atoms with van der Waals surface area (Å²) in [6, 6.07) is 7.54. The summed E-state index contributed by atoms with van der Waals surface area (Å²) >= 11 is 0. The molecule has 0 aromatic heterocycles. The van der Waals surface area contributed by atoms with E-state index in [1.54, 1.807) is 4.90 Å². The summed E-state index contributed by atoms with van der Waals surface area (Å²) in [4.78, 5) is 26.4. The van der Waals surface area contributed by atoms with Crippen molar-refractivity contribution in [1.82, 2.24) is 4.90 Å². The summed E-state index contributed by atoms with van der Waals surface area (Å²) in [5.74, 6) is -0.308. The Hall–Kier alpha value is -1.88. The van der Waals surface area contributed by atoms with Gasteiger partial charge < -0.3 is 15.3 Å². The number of hydrogen-bond donors (Lipinski definition) is 2. The van der Waals surface area contributed by atoms with E-state index in [1.165, 1.54) is 0 Å². The first-order valence-corrected chi connectivity index (χ1v) is 7.46. The molecule has 5 nitrogen and oxygen atoms in total. The average Bonchev–Trinajstić information content (AvgIpc) is 3.00. The molecule has 1 aromatic carbocycles. The quantitative estimate of drug-likeness (QED) is 0.880. The molecule has 2 N–H and O–H groups in total. The Morgan fingerprint density at radius 1 is 1.48 bits per heavy atom. The molecule has 2 heterocycles. The van der Waals surface area contributed by atoms with Crippen LogP contribution in [0, 0.1) is 0 Å². The Labute approximate surface area is 123 Å². The average molecular weight is 288 g/mol. The Morgan fingerprint density at radius 3 is 2.95 bits per heavy atom. The van der Waals surface area contributed by atoms with Gasteiger partial charge in [0.15, 0.2) is 0 Å². The van der Waals surface area contributed by atoms with E-state index in [9.17, 15) is 14.7 Å². The smallest absolute Gasteiger partial charge is 0.248 e. The number of amides is 2. The van der Waals surface area contributed by atoms with Gasteiger partial charge in [-0.15, -0.1) is 0 Å². The number of rotatable bonds is 3. The summed E-state index contributed by atoms with van der Waals surface area (Å²) < 4.78 is 0.